The lowest BCUT2D eigenvalue weighted by Gasteiger charge is -2.58. The second-order valence-electron chi connectivity index (χ2n) is 13.5. The maximum atomic E-state index is 12.0. The summed E-state index contributed by atoms with van der Waals surface area (Å²) in [5.74, 6) is 5.33. The van der Waals surface area contributed by atoms with Gasteiger partial charge in [0.25, 0.3) is 0 Å². The topological polar surface area (TPSA) is 58.6 Å². The maximum Gasteiger partial charge on any atom is 0.407 e. The summed E-state index contributed by atoms with van der Waals surface area (Å²) >= 11 is 0. The van der Waals surface area contributed by atoms with Crippen LogP contribution in [-0.2, 0) is 4.74 Å². The monoisotopic (exact) mass is 499 g/mol. The molecule has 9 atom stereocenters. The van der Waals surface area contributed by atoms with E-state index in [1.807, 2.05) is 0 Å². The van der Waals surface area contributed by atoms with E-state index >= 15 is 0 Å². The number of nitrogens with one attached hydrogen (secondary N) is 1. The van der Waals surface area contributed by atoms with Crippen LogP contribution in [0, 0.1) is 52.3 Å². The van der Waals surface area contributed by atoms with E-state index in [0.29, 0.717) is 17.3 Å². The Kier molecular flexibility index (Phi) is 8.64. The lowest BCUT2D eigenvalue weighted by atomic mass is 9.47. The van der Waals surface area contributed by atoms with E-state index in [9.17, 15) is 4.79 Å². The molecule has 0 spiro atoms. The van der Waals surface area contributed by atoms with Gasteiger partial charge in [-0.05, 0) is 104 Å². The van der Waals surface area contributed by atoms with Gasteiger partial charge < -0.3 is 15.2 Å². The molecule has 0 aromatic heterocycles. The van der Waals surface area contributed by atoms with Gasteiger partial charge in [-0.1, -0.05) is 65.3 Å². The maximum absolute atomic E-state index is 12.0. The Morgan fingerprint density at radius 2 is 1.92 bits per heavy atom. The van der Waals surface area contributed by atoms with Crippen molar-refractivity contribution in [2.24, 2.45) is 52.3 Å². The predicted octanol–water partition coefficient (Wildman–Crippen LogP) is 7.53. The summed E-state index contributed by atoms with van der Waals surface area (Å²) < 4.78 is 5.70. The fraction of sp³-hybridized carbons (Fsp3) is 0.844. The van der Waals surface area contributed by atoms with E-state index in [0.717, 1.165) is 48.9 Å². The molecular weight excluding hydrogens is 446 g/mol. The minimum absolute atomic E-state index is 0.0327. The standard InChI is InChI=1S/C32H53NO3/c1-7-23(21(2)3)9-8-22(4)27-12-13-28-26-11-10-24-20-25(36-30(35)33-18-19-34)14-16-31(24,5)29(26)15-17-32(27,28)6/h8-10,21-23,25-29,34H,7,11-20H2,1-6H3,(H,33,35)/t22-,23-,25+,26?,27-,28?,29?,31+,32-/m1/s1. The molecule has 4 heteroatoms. The average molecular weight is 500 g/mol. The van der Waals surface area contributed by atoms with Crippen LogP contribution in [0.3, 0.4) is 0 Å². The van der Waals surface area contributed by atoms with Crippen molar-refractivity contribution in [1.82, 2.24) is 5.32 Å². The molecule has 4 aliphatic rings. The number of aliphatic hydroxyl groups excluding tert-OH is 1. The summed E-state index contributed by atoms with van der Waals surface area (Å²) in [6, 6.07) is 0. The van der Waals surface area contributed by atoms with Crippen LogP contribution in [0.1, 0.15) is 99.3 Å². The average Bonchev–Trinajstić information content (AvgIpc) is 3.20. The normalized spacial score (nSPS) is 39.7. The van der Waals surface area contributed by atoms with E-state index in [4.69, 9.17) is 9.84 Å². The fourth-order valence-corrected chi connectivity index (χ4v) is 9.27. The molecule has 204 valence electrons. The van der Waals surface area contributed by atoms with Gasteiger partial charge in [-0.3, -0.25) is 0 Å². The van der Waals surface area contributed by atoms with Crippen LogP contribution < -0.4 is 5.32 Å². The smallest absolute Gasteiger partial charge is 0.407 e. The quantitative estimate of drug-likeness (QED) is 0.339. The minimum Gasteiger partial charge on any atom is -0.446 e. The summed E-state index contributed by atoms with van der Waals surface area (Å²) in [4.78, 5) is 12.0. The van der Waals surface area contributed by atoms with Crippen LogP contribution in [0.4, 0.5) is 4.79 Å². The molecule has 4 nitrogen and oxygen atoms in total. The first kappa shape index (κ1) is 27.7. The highest BCUT2D eigenvalue weighted by Gasteiger charge is 2.59. The molecule has 4 aliphatic carbocycles. The Hall–Kier alpha value is -1.29. The van der Waals surface area contributed by atoms with Crippen molar-refractivity contribution in [1.29, 1.82) is 0 Å². The Balaban J connectivity index is 1.44. The van der Waals surface area contributed by atoms with Gasteiger partial charge >= 0.3 is 6.09 Å². The summed E-state index contributed by atoms with van der Waals surface area (Å²) in [7, 11) is 0. The van der Waals surface area contributed by atoms with Crippen LogP contribution in [-0.4, -0.2) is 30.5 Å². The predicted molar refractivity (Wildman–Crippen MR) is 147 cm³/mol. The number of aliphatic hydroxyl groups is 1. The Morgan fingerprint density at radius 3 is 2.61 bits per heavy atom. The number of ether oxygens (including phenoxy) is 1. The van der Waals surface area contributed by atoms with Crippen molar-refractivity contribution < 1.29 is 14.6 Å². The van der Waals surface area contributed by atoms with Crippen molar-refractivity contribution in [3.63, 3.8) is 0 Å². The SMILES string of the molecule is CC[C@H](C=C[C@@H](C)[C@H]1CCC2C3CC=C4C[C@@H](OC(=O)NCCO)CC[C@]4(C)C3CC[C@@]21C)C(C)C. The fourth-order valence-electron chi connectivity index (χ4n) is 9.27. The van der Waals surface area contributed by atoms with Crippen LogP contribution in [0.15, 0.2) is 23.8 Å². The zero-order chi connectivity index (χ0) is 26.1. The summed E-state index contributed by atoms with van der Waals surface area (Å²) in [5.41, 5.74) is 2.28. The van der Waals surface area contributed by atoms with E-state index in [2.05, 4.69) is 65.1 Å². The van der Waals surface area contributed by atoms with Crippen LogP contribution >= 0.6 is 0 Å². The largest absolute Gasteiger partial charge is 0.446 e. The van der Waals surface area contributed by atoms with Gasteiger partial charge in [0.05, 0.1) is 6.61 Å². The molecule has 0 radical (unpaired) electrons. The molecule has 0 aromatic rings. The Morgan fingerprint density at radius 1 is 1.14 bits per heavy atom. The summed E-state index contributed by atoms with van der Waals surface area (Å²) in [6.45, 7) is 14.9. The molecule has 36 heavy (non-hydrogen) atoms. The van der Waals surface area contributed by atoms with Crippen molar-refractivity contribution >= 4 is 6.09 Å². The Bertz CT molecular complexity index is 833. The third kappa shape index (κ3) is 5.18. The first-order valence-electron chi connectivity index (χ1n) is 15.1. The zero-order valence-corrected chi connectivity index (χ0v) is 23.9. The molecule has 0 heterocycles. The third-order valence-corrected chi connectivity index (χ3v) is 11.4. The summed E-state index contributed by atoms with van der Waals surface area (Å²) in [5, 5.41) is 11.6. The third-order valence-electron chi connectivity index (χ3n) is 11.4. The molecule has 2 N–H and O–H groups in total. The minimum atomic E-state index is -0.390. The number of hydrogen-bond donors (Lipinski definition) is 2. The molecule has 1 amide bonds. The zero-order valence-electron chi connectivity index (χ0n) is 23.9. The molecule has 0 saturated heterocycles. The van der Waals surface area contributed by atoms with Crippen molar-refractivity contribution in [2.45, 2.75) is 105 Å². The van der Waals surface area contributed by atoms with Crippen molar-refractivity contribution in [3.05, 3.63) is 23.8 Å². The van der Waals surface area contributed by atoms with Gasteiger partial charge in [0.2, 0.25) is 0 Å². The first-order chi connectivity index (χ1) is 17.1. The van der Waals surface area contributed by atoms with Gasteiger partial charge in [-0.15, -0.1) is 0 Å². The van der Waals surface area contributed by atoms with Gasteiger partial charge in [0, 0.05) is 13.0 Å². The highest BCUT2D eigenvalue weighted by atomic mass is 16.6. The van der Waals surface area contributed by atoms with Gasteiger partial charge in [-0.2, -0.15) is 0 Å². The number of hydrogen-bond acceptors (Lipinski definition) is 3. The van der Waals surface area contributed by atoms with Gasteiger partial charge in [0.1, 0.15) is 6.10 Å². The number of rotatable bonds is 8. The van der Waals surface area contributed by atoms with Crippen LogP contribution in [0.25, 0.3) is 0 Å². The number of carbonyl (C=O) groups is 1. The molecule has 0 bridgehead atoms. The highest BCUT2D eigenvalue weighted by Crippen LogP contribution is 2.67. The van der Waals surface area contributed by atoms with Crippen LogP contribution in [0.5, 0.6) is 0 Å². The van der Waals surface area contributed by atoms with Crippen LogP contribution in [0.2, 0.25) is 0 Å². The van der Waals surface area contributed by atoms with Crippen molar-refractivity contribution in [3.8, 4) is 0 Å². The number of fused-ring (bicyclic) bond motifs is 5. The van der Waals surface area contributed by atoms with E-state index < -0.39 is 0 Å². The highest BCUT2D eigenvalue weighted by molar-refractivity contribution is 5.67. The first-order valence-corrected chi connectivity index (χ1v) is 15.1. The van der Waals surface area contributed by atoms with E-state index in [1.165, 1.54) is 38.5 Å². The number of alkyl carbamates (subject to hydrolysis) is 1. The molecular formula is C32H53NO3. The Labute approximate surface area is 220 Å². The number of carbonyl (C=O) groups excluding carboxylic acids is 1. The van der Waals surface area contributed by atoms with Gasteiger partial charge in [0.15, 0.2) is 0 Å². The second kappa shape index (κ2) is 11.2. The molecule has 0 aliphatic heterocycles. The second-order valence-corrected chi connectivity index (χ2v) is 13.5. The molecule has 3 fully saturated rings. The molecule has 4 rings (SSSR count). The molecule has 0 aromatic carbocycles. The lowest BCUT2D eigenvalue weighted by molar-refractivity contribution is -0.0550. The summed E-state index contributed by atoms with van der Waals surface area (Å²) in [6.07, 6.45) is 18.2. The molecule has 3 unspecified atom stereocenters. The van der Waals surface area contributed by atoms with E-state index in [1.54, 1.807) is 5.57 Å². The van der Waals surface area contributed by atoms with E-state index in [-0.39, 0.29) is 30.8 Å². The lowest BCUT2D eigenvalue weighted by Crippen LogP contribution is -2.51. The number of amides is 1. The number of allylic oxidation sites excluding steroid dienone is 3. The molecule has 3 saturated carbocycles. The van der Waals surface area contributed by atoms with Crippen molar-refractivity contribution in [2.75, 3.05) is 13.2 Å². The van der Waals surface area contributed by atoms with Gasteiger partial charge in [-0.25, -0.2) is 4.79 Å².